The molecule has 2 fully saturated rings. The minimum atomic E-state index is -0.362. The lowest BCUT2D eigenvalue weighted by molar-refractivity contribution is -0.141. The summed E-state index contributed by atoms with van der Waals surface area (Å²) in [6, 6.07) is 4.05. The maximum atomic E-state index is 13.4. The van der Waals surface area contributed by atoms with Gasteiger partial charge in [-0.2, -0.15) is 0 Å². The Morgan fingerprint density at radius 2 is 2.04 bits per heavy atom. The number of aryl methyl sites for hydroxylation is 1. The summed E-state index contributed by atoms with van der Waals surface area (Å²) in [5.41, 5.74) is 1.78. The fraction of sp³-hybridized carbons (Fsp3) is 0.700. The summed E-state index contributed by atoms with van der Waals surface area (Å²) < 4.78 is 5.52. The van der Waals surface area contributed by atoms with Crippen molar-refractivity contribution in [2.75, 3.05) is 26.3 Å². The van der Waals surface area contributed by atoms with Crippen molar-refractivity contribution in [2.24, 2.45) is 0 Å². The molecule has 0 radical (unpaired) electrons. The van der Waals surface area contributed by atoms with E-state index in [1.165, 1.54) is 12.0 Å². The first-order chi connectivity index (χ1) is 12.2. The highest BCUT2D eigenvalue weighted by Gasteiger charge is 2.45. The number of morpholine rings is 1. The molecule has 1 atom stereocenters. The van der Waals surface area contributed by atoms with Crippen LogP contribution in [0.2, 0.25) is 0 Å². The molecule has 1 unspecified atom stereocenters. The SMILES string of the molecule is CCC(NC(=O)C1(N2CCOCC2)CCCCC1)c1cc(C)ccn1. The first-order valence-electron chi connectivity index (χ1n) is 9.72. The van der Waals surface area contributed by atoms with Gasteiger partial charge in [0.2, 0.25) is 5.91 Å². The molecule has 1 saturated heterocycles. The molecule has 5 nitrogen and oxygen atoms in total. The molecule has 1 aliphatic heterocycles. The number of aromatic nitrogens is 1. The van der Waals surface area contributed by atoms with Gasteiger partial charge in [0.15, 0.2) is 0 Å². The number of pyridine rings is 1. The van der Waals surface area contributed by atoms with Gasteiger partial charge in [0.05, 0.1) is 24.9 Å². The summed E-state index contributed by atoms with van der Waals surface area (Å²) in [4.78, 5) is 20.3. The smallest absolute Gasteiger partial charge is 0.241 e. The number of nitrogens with zero attached hydrogens (tertiary/aromatic N) is 2. The standard InChI is InChI=1S/C20H31N3O2/c1-3-17(18-15-16(2)7-10-21-18)22-19(24)20(8-5-4-6-9-20)23-11-13-25-14-12-23/h7,10,15,17H,3-6,8-9,11-14H2,1-2H3,(H,22,24). The summed E-state index contributed by atoms with van der Waals surface area (Å²) in [6.07, 6.45) is 8.08. The van der Waals surface area contributed by atoms with Gasteiger partial charge in [-0.1, -0.05) is 26.2 Å². The van der Waals surface area contributed by atoms with Crippen molar-refractivity contribution in [3.8, 4) is 0 Å². The van der Waals surface area contributed by atoms with Gasteiger partial charge < -0.3 is 10.1 Å². The minimum Gasteiger partial charge on any atom is -0.379 e. The molecule has 2 heterocycles. The number of nitrogens with one attached hydrogen (secondary N) is 1. The Morgan fingerprint density at radius 1 is 1.32 bits per heavy atom. The van der Waals surface area contributed by atoms with Crippen molar-refractivity contribution in [1.82, 2.24) is 15.2 Å². The number of rotatable bonds is 5. The second kappa shape index (κ2) is 8.28. The van der Waals surface area contributed by atoms with Gasteiger partial charge in [0.1, 0.15) is 5.54 Å². The van der Waals surface area contributed by atoms with Crippen LogP contribution in [0.25, 0.3) is 0 Å². The quantitative estimate of drug-likeness (QED) is 0.891. The topological polar surface area (TPSA) is 54.5 Å². The van der Waals surface area contributed by atoms with E-state index in [2.05, 4.69) is 35.1 Å². The molecule has 2 aliphatic rings. The Morgan fingerprint density at radius 3 is 2.68 bits per heavy atom. The highest BCUT2D eigenvalue weighted by molar-refractivity contribution is 5.86. The lowest BCUT2D eigenvalue weighted by Gasteiger charge is -2.47. The maximum absolute atomic E-state index is 13.4. The van der Waals surface area contributed by atoms with Crippen LogP contribution in [0.4, 0.5) is 0 Å². The van der Waals surface area contributed by atoms with Crippen LogP contribution in [-0.4, -0.2) is 47.6 Å². The summed E-state index contributed by atoms with van der Waals surface area (Å²) in [6.45, 7) is 7.34. The van der Waals surface area contributed by atoms with Crippen molar-refractivity contribution < 1.29 is 9.53 Å². The predicted octanol–water partition coefficient (Wildman–Crippen LogP) is 2.99. The van der Waals surface area contributed by atoms with E-state index in [9.17, 15) is 4.79 Å². The number of hydrogen-bond acceptors (Lipinski definition) is 4. The van der Waals surface area contributed by atoms with E-state index < -0.39 is 0 Å². The third kappa shape index (κ3) is 4.04. The average molecular weight is 345 g/mol. The summed E-state index contributed by atoms with van der Waals surface area (Å²) in [7, 11) is 0. The fourth-order valence-corrected chi connectivity index (χ4v) is 4.24. The number of carbonyl (C=O) groups is 1. The summed E-state index contributed by atoms with van der Waals surface area (Å²) in [5.74, 6) is 0.184. The van der Waals surface area contributed by atoms with Crippen molar-refractivity contribution in [3.63, 3.8) is 0 Å². The maximum Gasteiger partial charge on any atom is 0.241 e. The zero-order valence-corrected chi connectivity index (χ0v) is 15.6. The van der Waals surface area contributed by atoms with Crippen LogP contribution in [0, 0.1) is 6.92 Å². The molecule has 138 valence electrons. The molecule has 25 heavy (non-hydrogen) atoms. The highest BCUT2D eigenvalue weighted by atomic mass is 16.5. The number of carbonyl (C=O) groups excluding carboxylic acids is 1. The van der Waals surface area contributed by atoms with Crippen LogP contribution >= 0.6 is 0 Å². The molecule has 1 aromatic heterocycles. The van der Waals surface area contributed by atoms with Crippen LogP contribution < -0.4 is 5.32 Å². The van der Waals surface area contributed by atoms with E-state index in [4.69, 9.17) is 4.74 Å². The Labute approximate surface area is 151 Å². The summed E-state index contributed by atoms with van der Waals surface area (Å²) >= 11 is 0. The predicted molar refractivity (Wildman–Crippen MR) is 98.4 cm³/mol. The third-order valence-corrected chi connectivity index (χ3v) is 5.73. The van der Waals surface area contributed by atoms with Crippen molar-refractivity contribution in [1.29, 1.82) is 0 Å². The zero-order valence-electron chi connectivity index (χ0n) is 15.6. The van der Waals surface area contributed by atoms with E-state index in [0.717, 1.165) is 64.1 Å². The van der Waals surface area contributed by atoms with Gasteiger partial charge in [-0.3, -0.25) is 14.7 Å². The van der Waals surface area contributed by atoms with Crippen LogP contribution in [0.5, 0.6) is 0 Å². The first-order valence-corrected chi connectivity index (χ1v) is 9.72. The summed E-state index contributed by atoms with van der Waals surface area (Å²) in [5, 5.41) is 3.33. The van der Waals surface area contributed by atoms with Crippen molar-refractivity contribution >= 4 is 5.91 Å². The van der Waals surface area contributed by atoms with Crippen LogP contribution in [-0.2, 0) is 9.53 Å². The van der Waals surface area contributed by atoms with Crippen molar-refractivity contribution in [2.45, 2.75) is 64.0 Å². The lowest BCUT2D eigenvalue weighted by Crippen LogP contribution is -2.62. The monoisotopic (exact) mass is 345 g/mol. The molecule has 1 saturated carbocycles. The normalized spacial score (nSPS) is 22.3. The Hall–Kier alpha value is -1.46. The number of hydrogen-bond donors (Lipinski definition) is 1. The molecule has 5 heteroatoms. The van der Waals surface area contributed by atoms with Gasteiger partial charge in [-0.25, -0.2) is 0 Å². The first kappa shape index (κ1) is 18.3. The second-order valence-corrected chi connectivity index (χ2v) is 7.38. The molecule has 0 bridgehead atoms. The van der Waals surface area contributed by atoms with Gasteiger partial charge in [0, 0.05) is 19.3 Å². The Bertz CT molecular complexity index is 578. The third-order valence-electron chi connectivity index (χ3n) is 5.73. The Balaban J connectivity index is 1.79. The van der Waals surface area contributed by atoms with Gasteiger partial charge in [-0.05, 0) is 43.9 Å². The molecule has 0 aromatic carbocycles. The fourth-order valence-electron chi connectivity index (χ4n) is 4.24. The van der Waals surface area contributed by atoms with E-state index >= 15 is 0 Å². The number of ether oxygens (including phenoxy) is 1. The molecule has 1 N–H and O–H groups in total. The van der Waals surface area contributed by atoms with E-state index in [1.807, 2.05) is 12.3 Å². The number of amides is 1. The van der Waals surface area contributed by atoms with E-state index in [-0.39, 0.29) is 17.5 Å². The molecule has 1 aromatic rings. The van der Waals surface area contributed by atoms with E-state index in [1.54, 1.807) is 0 Å². The van der Waals surface area contributed by atoms with Gasteiger partial charge >= 0.3 is 0 Å². The largest absolute Gasteiger partial charge is 0.379 e. The van der Waals surface area contributed by atoms with Crippen LogP contribution in [0.1, 0.15) is 62.7 Å². The van der Waals surface area contributed by atoms with E-state index in [0.29, 0.717) is 0 Å². The van der Waals surface area contributed by atoms with Crippen molar-refractivity contribution in [3.05, 3.63) is 29.6 Å². The zero-order chi connectivity index (χ0) is 17.7. The highest BCUT2D eigenvalue weighted by Crippen LogP contribution is 2.35. The van der Waals surface area contributed by atoms with Crippen LogP contribution in [0.3, 0.4) is 0 Å². The molecular weight excluding hydrogens is 314 g/mol. The van der Waals surface area contributed by atoms with Gasteiger partial charge in [-0.15, -0.1) is 0 Å². The molecule has 1 aliphatic carbocycles. The second-order valence-electron chi connectivity index (χ2n) is 7.38. The molecular formula is C20H31N3O2. The molecule has 1 amide bonds. The molecule has 0 spiro atoms. The van der Waals surface area contributed by atoms with Crippen LogP contribution in [0.15, 0.2) is 18.3 Å². The minimum absolute atomic E-state index is 0.0211. The Kier molecular flexibility index (Phi) is 6.07. The van der Waals surface area contributed by atoms with Gasteiger partial charge in [0.25, 0.3) is 0 Å². The average Bonchev–Trinajstić information content (AvgIpc) is 2.67. The molecule has 3 rings (SSSR count). The lowest BCUT2D eigenvalue weighted by atomic mass is 9.79.